The number of imidazole rings is 1. The lowest BCUT2D eigenvalue weighted by Gasteiger charge is -2.17. The van der Waals surface area contributed by atoms with Gasteiger partial charge in [0.1, 0.15) is 28.9 Å². The van der Waals surface area contributed by atoms with E-state index in [2.05, 4.69) is 25.3 Å². The van der Waals surface area contributed by atoms with Gasteiger partial charge in [0.25, 0.3) is 5.56 Å². The van der Waals surface area contributed by atoms with Gasteiger partial charge in [-0.05, 0) is 55.3 Å². The molecule has 0 radical (unpaired) electrons. The zero-order chi connectivity index (χ0) is 31.8. The number of para-hydroxylation sites is 1. The normalized spacial score (nSPS) is 11.8. The van der Waals surface area contributed by atoms with Crippen LogP contribution in [-0.4, -0.2) is 64.6 Å². The molecule has 1 atom stereocenters. The highest BCUT2D eigenvalue weighted by molar-refractivity contribution is 5.96. The van der Waals surface area contributed by atoms with E-state index in [0.717, 1.165) is 13.2 Å². The summed E-state index contributed by atoms with van der Waals surface area (Å²) in [5.41, 5.74) is 0.330. The maximum atomic E-state index is 14.2. The number of pyridine rings is 1. The molecule has 14 heteroatoms. The van der Waals surface area contributed by atoms with Crippen LogP contribution in [0.4, 0.5) is 19.3 Å². The molecule has 0 aliphatic carbocycles. The Hall–Kier alpha value is -5.53. The minimum absolute atomic E-state index is 0.0177. The first kappa shape index (κ1) is 31.4. The molecule has 0 aliphatic rings. The van der Waals surface area contributed by atoms with Crippen molar-refractivity contribution in [3.05, 3.63) is 94.7 Å². The van der Waals surface area contributed by atoms with Gasteiger partial charge in [0, 0.05) is 26.4 Å². The number of methoxy groups -OCH3 is 1. The minimum atomic E-state index is -1.06. The second-order valence-corrected chi connectivity index (χ2v) is 9.76. The van der Waals surface area contributed by atoms with Crippen LogP contribution in [0.3, 0.4) is 0 Å². The molecule has 3 N–H and O–H groups in total. The van der Waals surface area contributed by atoms with Crippen molar-refractivity contribution >= 4 is 34.6 Å². The second-order valence-electron chi connectivity index (χ2n) is 9.76. The van der Waals surface area contributed by atoms with Crippen LogP contribution in [0.15, 0.2) is 71.7 Å². The summed E-state index contributed by atoms with van der Waals surface area (Å²) in [6.45, 7) is -0.0177. The first-order chi connectivity index (χ1) is 21.0. The molecule has 0 aliphatic heterocycles. The Balaban J connectivity index is 1.50. The molecular weight excluding hydrogens is 578 g/mol. The number of aromatic amines is 1. The van der Waals surface area contributed by atoms with E-state index in [4.69, 9.17) is 4.74 Å². The number of allylic oxidation sites excluding steroid dienone is 1. The predicted octanol–water partition coefficient (Wildman–Crippen LogP) is 3.93. The maximum Gasteiger partial charge on any atom is 0.407 e. The van der Waals surface area contributed by atoms with Gasteiger partial charge < -0.3 is 34.6 Å². The zero-order valence-electron chi connectivity index (χ0n) is 24.1. The molecule has 4 aromatic rings. The molecule has 0 saturated heterocycles. The van der Waals surface area contributed by atoms with E-state index in [0.29, 0.717) is 22.9 Å². The molecule has 3 amide bonds. The van der Waals surface area contributed by atoms with Crippen LogP contribution >= 0.6 is 0 Å². The molecule has 0 spiro atoms. The first-order valence-corrected chi connectivity index (χ1v) is 13.4. The van der Waals surface area contributed by atoms with E-state index in [1.165, 1.54) is 33.9 Å². The zero-order valence-corrected chi connectivity index (χ0v) is 24.1. The third kappa shape index (κ3) is 7.85. The smallest absolute Gasteiger partial charge is 0.407 e. The van der Waals surface area contributed by atoms with Crippen LogP contribution in [-0.2, 0) is 20.9 Å². The molecule has 44 heavy (non-hydrogen) atoms. The van der Waals surface area contributed by atoms with Crippen LogP contribution in [0.2, 0.25) is 0 Å². The Morgan fingerprint density at radius 2 is 1.91 bits per heavy atom. The summed E-state index contributed by atoms with van der Waals surface area (Å²) in [4.78, 5) is 58.9. The van der Waals surface area contributed by atoms with Gasteiger partial charge in [-0.25, -0.2) is 18.6 Å². The Bertz CT molecular complexity index is 1770. The van der Waals surface area contributed by atoms with Crippen LogP contribution in [0.25, 0.3) is 11.0 Å². The third-order valence-electron chi connectivity index (χ3n) is 6.35. The maximum absolute atomic E-state index is 14.2. The van der Waals surface area contributed by atoms with Gasteiger partial charge in [-0.3, -0.25) is 14.4 Å². The number of rotatable bonds is 11. The summed E-state index contributed by atoms with van der Waals surface area (Å²) >= 11 is 0. The molecule has 0 saturated carbocycles. The molecular formula is C30H30F2N6O6. The number of nitrogens with zero attached hydrogens (tertiary/aromatic N) is 3. The quantitative estimate of drug-likeness (QED) is 0.219. The molecule has 0 fully saturated rings. The number of anilines is 1. The van der Waals surface area contributed by atoms with Crippen molar-refractivity contribution < 1.29 is 32.6 Å². The van der Waals surface area contributed by atoms with Gasteiger partial charge >= 0.3 is 6.09 Å². The Morgan fingerprint density at radius 1 is 1.11 bits per heavy atom. The van der Waals surface area contributed by atoms with Crippen LogP contribution in [0.1, 0.15) is 18.7 Å². The molecule has 0 bridgehead atoms. The lowest BCUT2D eigenvalue weighted by atomic mass is 10.1. The summed E-state index contributed by atoms with van der Waals surface area (Å²) in [5, 5.41) is 4.99. The van der Waals surface area contributed by atoms with Gasteiger partial charge in [-0.1, -0.05) is 12.1 Å². The number of nitrogens with one attached hydrogen (secondary N) is 3. The van der Waals surface area contributed by atoms with Crippen molar-refractivity contribution in [3.8, 4) is 11.5 Å². The number of hydrogen-bond acceptors (Lipinski definition) is 7. The molecule has 2 aromatic heterocycles. The van der Waals surface area contributed by atoms with Crippen LogP contribution in [0, 0.1) is 11.6 Å². The van der Waals surface area contributed by atoms with Gasteiger partial charge in [-0.2, -0.15) is 0 Å². The summed E-state index contributed by atoms with van der Waals surface area (Å²) in [6, 6.07) is 9.84. The average molecular weight is 609 g/mol. The van der Waals surface area contributed by atoms with Crippen LogP contribution < -0.4 is 20.9 Å². The van der Waals surface area contributed by atoms with Gasteiger partial charge in [-0.15, -0.1) is 0 Å². The Labute approximate surface area is 250 Å². The fourth-order valence-electron chi connectivity index (χ4n) is 4.09. The molecule has 12 nitrogen and oxygen atoms in total. The number of carbonyl (C=O) groups is 3. The lowest BCUT2D eigenvalue weighted by Crippen LogP contribution is -2.44. The van der Waals surface area contributed by atoms with E-state index in [1.54, 1.807) is 44.4 Å². The Kier molecular flexibility index (Phi) is 10.1. The molecule has 2 heterocycles. The fourth-order valence-corrected chi connectivity index (χ4v) is 4.09. The molecule has 2 aromatic carbocycles. The van der Waals surface area contributed by atoms with Gasteiger partial charge in [0.15, 0.2) is 17.3 Å². The summed E-state index contributed by atoms with van der Waals surface area (Å²) < 4.78 is 39.0. The number of benzene rings is 2. The van der Waals surface area contributed by atoms with Crippen molar-refractivity contribution in [2.45, 2.75) is 25.4 Å². The van der Waals surface area contributed by atoms with Crippen LogP contribution in [0.5, 0.6) is 11.5 Å². The van der Waals surface area contributed by atoms with Gasteiger partial charge in [0.2, 0.25) is 11.8 Å². The highest BCUT2D eigenvalue weighted by Crippen LogP contribution is 2.30. The van der Waals surface area contributed by atoms with Crippen molar-refractivity contribution in [3.63, 3.8) is 0 Å². The summed E-state index contributed by atoms with van der Waals surface area (Å²) in [6.07, 6.45) is 4.03. The number of amides is 3. The largest absolute Gasteiger partial charge is 0.453 e. The van der Waals surface area contributed by atoms with E-state index in [9.17, 15) is 28.0 Å². The van der Waals surface area contributed by atoms with Crippen molar-refractivity contribution in [1.82, 2.24) is 24.8 Å². The number of likely N-dealkylation sites (N-methyl/N-ethyl adjacent to an activating group) is 1. The monoisotopic (exact) mass is 608 g/mol. The molecule has 230 valence electrons. The van der Waals surface area contributed by atoms with Gasteiger partial charge in [0.05, 0.1) is 19.2 Å². The van der Waals surface area contributed by atoms with Crippen molar-refractivity contribution in [1.29, 1.82) is 0 Å². The number of carbonyl (C=O) groups excluding carboxylic acids is 3. The number of hydrogen-bond donors (Lipinski definition) is 3. The Morgan fingerprint density at radius 3 is 2.64 bits per heavy atom. The molecule has 0 unspecified atom stereocenters. The molecule has 4 rings (SSSR count). The third-order valence-corrected chi connectivity index (χ3v) is 6.35. The number of fused-ring (bicyclic) bond motifs is 1. The first-order valence-electron chi connectivity index (χ1n) is 13.4. The average Bonchev–Trinajstić information content (AvgIpc) is 3.41. The standard InChI is InChI=1S/C30H30F2N6O6/c1-37(2)26(39)12-5-4-8-21(35-30(42)43-3)28(40)34-22-10-7-15-38(29(22)41)17-25-33-20-9-6-11-24(27(20)36-25)44-23-14-13-18(31)16-19(23)32/h5-7,9-16,21H,4,8,17H2,1-3H3,(H,33,36)(H,34,40)(H,35,42)/b12-5+/t21-/m0/s1. The second kappa shape index (κ2) is 14.1. The summed E-state index contributed by atoms with van der Waals surface area (Å²) in [7, 11) is 4.36. The van der Waals surface area contributed by atoms with E-state index in [1.807, 2.05) is 0 Å². The number of halogens is 2. The summed E-state index contributed by atoms with van der Waals surface area (Å²) in [5.74, 6) is -2.09. The van der Waals surface area contributed by atoms with E-state index < -0.39 is 35.2 Å². The number of H-pyrrole nitrogens is 1. The lowest BCUT2D eigenvalue weighted by molar-refractivity contribution is -0.123. The topological polar surface area (TPSA) is 148 Å². The highest BCUT2D eigenvalue weighted by atomic mass is 19.1. The SMILES string of the molecule is COC(=O)N[C@@H](CC/C=C/C(=O)N(C)C)C(=O)Nc1cccn(Cc2nc3c(Oc4ccc(F)cc4F)cccc3[nH]2)c1=O. The number of ether oxygens (including phenoxy) is 2. The minimum Gasteiger partial charge on any atom is -0.453 e. The fraction of sp³-hybridized carbons (Fsp3) is 0.233. The predicted molar refractivity (Wildman–Crippen MR) is 157 cm³/mol. The number of aromatic nitrogens is 3. The van der Waals surface area contributed by atoms with Crippen molar-refractivity contribution in [2.24, 2.45) is 0 Å². The van der Waals surface area contributed by atoms with E-state index >= 15 is 0 Å². The number of alkyl carbamates (subject to hydrolysis) is 1. The van der Waals surface area contributed by atoms with Crippen molar-refractivity contribution in [2.75, 3.05) is 26.5 Å². The van der Waals surface area contributed by atoms with E-state index in [-0.39, 0.29) is 42.5 Å². The highest BCUT2D eigenvalue weighted by Gasteiger charge is 2.22.